The first-order valence-corrected chi connectivity index (χ1v) is 7.54. The summed E-state index contributed by atoms with van der Waals surface area (Å²) in [6.45, 7) is 0. The maximum atomic E-state index is 14.0. The van der Waals surface area contributed by atoms with Crippen molar-refractivity contribution < 1.29 is 4.39 Å². The van der Waals surface area contributed by atoms with Gasteiger partial charge in [-0.1, -0.05) is 41.9 Å². The fourth-order valence-electron chi connectivity index (χ4n) is 3.25. The van der Waals surface area contributed by atoms with Gasteiger partial charge in [-0.05, 0) is 48.1 Å². The fourth-order valence-corrected chi connectivity index (χ4v) is 3.41. The number of benzene rings is 2. The van der Waals surface area contributed by atoms with Crippen LogP contribution in [0, 0.1) is 5.82 Å². The maximum absolute atomic E-state index is 14.0. The van der Waals surface area contributed by atoms with Crippen LogP contribution in [0.3, 0.4) is 0 Å². The summed E-state index contributed by atoms with van der Waals surface area (Å²) in [6.07, 6.45) is 2.66. The molecule has 0 saturated heterocycles. The van der Waals surface area contributed by atoms with E-state index in [0.717, 1.165) is 12.8 Å². The molecule has 0 aromatic heterocycles. The molecule has 2 atom stereocenters. The van der Waals surface area contributed by atoms with Gasteiger partial charge in [0.15, 0.2) is 0 Å². The van der Waals surface area contributed by atoms with Crippen molar-refractivity contribution in [1.82, 2.24) is 5.43 Å². The smallest absolute Gasteiger partial charge is 0.127 e. The molecular weight excluding hydrogens is 287 g/mol. The number of aryl methyl sites for hydroxylation is 1. The lowest BCUT2D eigenvalue weighted by molar-refractivity contribution is 0.428. The SMILES string of the molecule is NNC(Cc1ccc(Cl)cc1F)C1CCc2ccccc21. The van der Waals surface area contributed by atoms with Crippen molar-refractivity contribution in [2.45, 2.75) is 31.2 Å². The highest BCUT2D eigenvalue weighted by Crippen LogP contribution is 2.36. The molecule has 0 heterocycles. The van der Waals surface area contributed by atoms with Crippen LogP contribution < -0.4 is 11.3 Å². The number of nitrogens with two attached hydrogens (primary N) is 1. The zero-order valence-electron chi connectivity index (χ0n) is 11.7. The molecule has 0 radical (unpaired) electrons. The molecule has 2 unspecified atom stereocenters. The van der Waals surface area contributed by atoms with Crippen LogP contribution in [0.25, 0.3) is 0 Å². The molecule has 1 aliphatic carbocycles. The summed E-state index contributed by atoms with van der Waals surface area (Å²) in [7, 11) is 0. The molecule has 2 aromatic carbocycles. The van der Waals surface area contributed by atoms with Gasteiger partial charge in [-0.15, -0.1) is 0 Å². The van der Waals surface area contributed by atoms with Gasteiger partial charge in [0.05, 0.1) is 0 Å². The summed E-state index contributed by atoms with van der Waals surface area (Å²) in [6, 6.07) is 13.2. The minimum absolute atomic E-state index is 0.0179. The topological polar surface area (TPSA) is 38.0 Å². The number of rotatable bonds is 4. The van der Waals surface area contributed by atoms with Crippen LogP contribution in [-0.2, 0) is 12.8 Å². The third-order valence-corrected chi connectivity index (χ3v) is 4.57. The summed E-state index contributed by atoms with van der Waals surface area (Å²) in [5.41, 5.74) is 6.22. The van der Waals surface area contributed by atoms with Crippen LogP contribution in [0.1, 0.15) is 29.0 Å². The van der Waals surface area contributed by atoms with E-state index in [1.807, 2.05) is 6.07 Å². The Kier molecular flexibility index (Phi) is 4.24. The third kappa shape index (κ3) is 2.95. The van der Waals surface area contributed by atoms with Crippen molar-refractivity contribution in [3.63, 3.8) is 0 Å². The molecule has 2 aromatic rings. The molecule has 21 heavy (non-hydrogen) atoms. The van der Waals surface area contributed by atoms with Gasteiger partial charge in [0.25, 0.3) is 0 Å². The van der Waals surface area contributed by atoms with Crippen molar-refractivity contribution in [2.24, 2.45) is 5.84 Å². The number of nitrogens with one attached hydrogen (secondary N) is 1. The highest BCUT2D eigenvalue weighted by molar-refractivity contribution is 6.30. The molecule has 0 amide bonds. The van der Waals surface area contributed by atoms with Gasteiger partial charge in [0, 0.05) is 17.0 Å². The molecule has 1 aliphatic rings. The van der Waals surface area contributed by atoms with Crippen molar-refractivity contribution in [2.75, 3.05) is 0 Å². The first-order valence-electron chi connectivity index (χ1n) is 7.17. The summed E-state index contributed by atoms with van der Waals surface area (Å²) in [5, 5.41) is 0.416. The Bertz CT molecular complexity index is 644. The van der Waals surface area contributed by atoms with E-state index < -0.39 is 0 Å². The Hall–Kier alpha value is -1.42. The summed E-state index contributed by atoms with van der Waals surface area (Å²) < 4.78 is 14.0. The van der Waals surface area contributed by atoms with Crippen LogP contribution in [0.15, 0.2) is 42.5 Å². The predicted molar refractivity (Wildman–Crippen MR) is 83.7 cm³/mol. The van der Waals surface area contributed by atoms with Gasteiger partial charge in [-0.2, -0.15) is 0 Å². The number of hydrazine groups is 1. The zero-order chi connectivity index (χ0) is 14.8. The minimum atomic E-state index is -0.269. The maximum Gasteiger partial charge on any atom is 0.127 e. The minimum Gasteiger partial charge on any atom is -0.271 e. The lowest BCUT2D eigenvalue weighted by atomic mass is 9.89. The molecule has 0 bridgehead atoms. The monoisotopic (exact) mass is 304 g/mol. The summed E-state index contributed by atoms with van der Waals surface area (Å²) in [4.78, 5) is 0. The lowest BCUT2D eigenvalue weighted by Gasteiger charge is -2.24. The summed E-state index contributed by atoms with van der Waals surface area (Å²) in [5.74, 6) is 5.79. The number of hydrogen-bond acceptors (Lipinski definition) is 2. The second kappa shape index (κ2) is 6.14. The molecule has 0 saturated carbocycles. The van der Waals surface area contributed by atoms with Gasteiger partial charge < -0.3 is 0 Å². The van der Waals surface area contributed by atoms with E-state index in [2.05, 4.69) is 23.6 Å². The first-order chi connectivity index (χ1) is 10.2. The third-order valence-electron chi connectivity index (χ3n) is 4.33. The van der Waals surface area contributed by atoms with E-state index in [1.165, 1.54) is 17.2 Å². The van der Waals surface area contributed by atoms with Gasteiger partial charge in [0.2, 0.25) is 0 Å². The van der Waals surface area contributed by atoms with Crippen molar-refractivity contribution in [3.8, 4) is 0 Å². The fraction of sp³-hybridized carbons (Fsp3) is 0.294. The van der Waals surface area contributed by atoms with Gasteiger partial charge in [0.1, 0.15) is 5.82 Å². The van der Waals surface area contributed by atoms with Crippen LogP contribution in [0.2, 0.25) is 5.02 Å². The Labute approximate surface area is 129 Å². The number of fused-ring (bicyclic) bond motifs is 1. The van der Waals surface area contributed by atoms with Crippen molar-refractivity contribution in [1.29, 1.82) is 0 Å². The number of hydrogen-bond donors (Lipinski definition) is 2. The molecule has 110 valence electrons. The van der Waals surface area contributed by atoms with E-state index in [9.17, 15) is 4.39 Å². The molecular formula is C17H18ClFN2. The van der Waals surface area contributed by atoms with E-state index in [-0.39, 0.29) is 11.9 Å². The first kappa shape index (κ1) is 14.5. The van der Waals surface area contributed by atoms with E-state index in [4.69, 9.17) is 17.4 Å². The van der Waals surface area contributed by atoms with Crippen LogP contribution >= 0.6 is 11.6 Å². The van der Waals surface area contributed by atoms with Crippen molar-refractivity contribution in [3.05, 3.63) is 70.0 Å². The van der Waals surface area contributed by atoms with E-state index in [1.54, 1.807) is 12.1 Å². The molecule has 4 heteroatoms. The molecule has 0 spiro atoms. The summed E-state index contributed by atoms with van der Waals surface area (Å²) >= 11 is 5.80. The van der Waals surface area contributed by atoms with Gasteiger partial charge in [-0.25, -0.2) is 4.39 Å². The average Bonchev–Trinajstić information content (AvgIpc) is 2.91. The van der Waals surface area contributed by atoms with E-state index >= 15 is 0 Å². The molecule has 3 rings (SSSR count). The van der Waals surface area contributed by atoms with Crippen LogP contribution in [-0.4, -0.2) is 6.04 Å². The van der Waals surface area contributed by atoms with Crippen molar-refractivity contribution >= 4 is 11.6 Å². The highest BCUT2D eigenvalue weighted by atomic mass is 35.5. The van der Waals surface area contributed by atoms with Crippen LogP contribution in [0.4, 0.5) is 4.39 Å². The Balaban J connectivity index is 1.83. The highest BCUT2D eigenvalue weighted by Gasteiger charge is 2.29. The molecule has 0 aliphatic heterocycles. The van der Waals surface area contributed by atoms with Gasteiger partial charge >= 0.3 is 0 Å². The van der Waals surface area contributed by atoms with Crippen LogP contribution in [0.5, 0.6) is 0 Å². The Morgan fingerprint density at radius 3 is 2.86 bits per heavy atom. The second-order valence-corrected chi connectivity index (χ2v) is 5.99. The number of halogens is 2. The quantitative estimate of drug-likeness (QED) is 0.669. The second-order valence-electron chi connectivity index (χ2n) is 5.56. The normalized spacial score (nSPS) is 18.5. The Morgan fingerprint density at radius 2 is 2.10 bits per heavy atom. The van der Waals surface area contributed by atoms with E-state index in [0.29, 0.717) is 22.9 Å². The predicted octanol–water partition coefficient (Wildman–Crippen LogP) is 3.58. The Morgan fingerprint density at radius 1 is 1.29 bits per heavy atom. The zero-order valence-corrected chi connectivity index (χ0v) is 12.4. The molecule has 0 fully saturated rings. The average molecular weight is 305 g/mol. The largest absolute Gasteiger partial charge is 0.271 e. The molecule has 3 N–H and O–H groups in total. The standard InChI is InChI=1S/C17H18ClFN2/c18-13-7-5-12(16(19)10-13)9-17(21-20)15-8-6-11-3-1-2-4-14(11)15/h1-5,7,10,15,17,21H,6,8-9,20H2. The van der Waals surface area contributed by atoms with Gasteiger partial charge in [-0.3, -0.25) is 11.3 Å². The lowest BCUT2D eigenvalue weighted by Crippen LogP contribution is -2.41. The molecule has 2 nitrogen and oxygen atoms in total.